The molecule has 0 aliphatic heterocycles. The zero-order chi connectivity index (χ0) is 27.0. The molecule has 0 heterocycles. The van der Waals surface area contributed by atoms with Crippen molar-refractivity contribution < 1.29 is 19.1 Å². The van der Waals surface area contributed by atoms with Crippen molar-refractivity contribution in [2.45, 2.75) is 79.9 Å². The van der Waals surface area contributed by atoms with Crippen LogP contribution >= 0.6 is 0 Å². The molecule has 7 nitrogen and oxygen atoms in total. The smallest absolute Gasteiger partial charge is 0.408 e. The Kier molecular flexibility index (Phi) is 10.1. The van der Waals surface area contributed by atoms with Crippen molar-refractivity contribution in [3.63, 3.8) is 0 Å². The highest BCUT2D eigenvalue weighted by molar-refractivity contribution is 5.99. The maximum Gasteiger partial charge on any atom is 0.408 e. The Balaban J connectivity index is 2.45. The van der Waals surface area contributed by atoms with Gasteiger partial charge < -0.3 is 20.3 Å². The van der Waals surface area contributed by atoms with Gasteiger partial charge in [-0.15, -0.1) is 0 Å². The van der Waals surface area contributed by atoms with Crippen LogP contribution < -0.4 is 10.6 Å². The number of carbonyl (C=O) groups is 3. The maximum atomic E-state index is 13.9. The molecule has 0 aromatic heterocycles. The zero-order valence-corrected chi connectivity index (χ0v) is 23.0. The Morgan fingerprint density at radius 2 is 1.56 bits per heavy atom. The van der Waals surface area contributed by atoms with Gasteiger partial charge in [0.1, 0.15) is 18.2 Å². The molecule has 2 rings (SSSR count). The summed E-state index contributed by atoms with van der Waals surface area (Å²) >= 11 is 0. The van der Waals surface area contributed by atoms with Crippen LogP contribution in [0.5, 0.6) is 0 Å². The van der Waals surface area contributed by atoms with Crippen molar-refractivity contribution in [1.29, 1.82) is 0 Å². The predicted molar refractivity (Wildman–Crippen MR) is 144 cm³/mol. The van der Waals surface area contributed by atoms with Crippen LogP contribution in [0.2, 0.25) is 0 Å². The van der Waals surface area contributed by atoms with Gasteiger partial charge in [-0.25, -0.2) is 4.79 Å². The van der Waals surface area contributed by atoms with Gasteiger partial charge in [-0.3, -0.25) is 9.59 Å². The number of hydrogen-bond donors (Lipinski definition) is 2. The molecule has 0 aliphatic carbocycles. The predicted octanol–water partition coefficient (Wildman–Crippen LogP) is 5.75. The number of unbranched alkanes of at least 4 members (excludes halogenated alkanes) is 1. The van der Waals surface area contributed by atoms with Gasteiger partial charge in [-0.1, -0.05) is 60.9 Å². The first kappa shape index (κ1) is 28.9. The van der Waals surface area contributed by atoms with E-state index in [1.165, 1.54) is 0 Å². The lowest BCUT2D eigenvalue weighted by Crippen LogP contribution is -2.47. The summed E-state index contributed by atoms with van der Waals surface area (Å²) in [5.41, 5.74) is 4.70. The Morgan fingerprint density at radius 1 is 0.972 bits per heavy atom. The number of anilines is 1. The van der Waals surface area contributed by atoms with E-state index in [0.29, 0.717) is 6.54 Å². The maximum absolute atomic E-state index is 13.9. The third-order valence-electron chi connectivity index (χ3n) is 5.70. The van der Waals surface area contributed by atoms with Crippen LogP contribution in [0.3, 0.4) is 0 Å². The first-order valence-electron chi connectivity index (χ1n) is 12.5. The summed E-state index contributed by atoms with van der Waals surface area (Å²) in [7, 11) is 0. The highest BCUT2D eigenvalue weighted by atomic mass is 16.6. The SMILES string of the molecule is CCCCN(C(=O)CNC(=O)OC(C)(C)C)C(C(=O)Nc1c(C)cccc1C)c1cc(C)cc(C)c1. The van der Waals surface area contributed by atoms with Gasteiger partial charge >= 0.3 is 6.09 Å². The van der Waals surface area contributed by atoms with Gasteiger partial charge in [0, 0.05) is 12.2 Å². The van der Waals surface area contributed by atoms with Crippen molar-refractivity contribution in [3.05, 3.63) is 64.2 Å². The number of alkyl carbamates (subject to hydrolysis) is 1. The summed E-state index contributed by atoms with van der Waals surface area (Å²) in [6, 6.07) is 10.9. The number of nitrogens with one attached hydrogen (secondary N) is 2. The third kappa shape index (κ3) is 8.40. The number of ether oxygens (including phenoxy) is 1. The summed E-state index contributed by atoms with van der Waals surface area (Å²) in [6.45, 7) is 15.3. The molecule has 2 aromatic carbocycles. The standard InChI is InChI=1S/C29H41N3O4/c1-9-10-14-32(24(33)18-30-28(35)36-29(6,7)8)26(23-16-19(2)15-20(3)17-23)27(34)31-25-21(4)12-11-13-22(25)5/h11-13,15-17,26H,9-10,14,18H2,1-8H3,(H,30,35)(H,31,34). The van der Waals surface area contributed by atoms with Gasteiger partial charge in [0.2, 0.25) is 5.91 Å². The summed E-state index contributed by atoms with van der Waals surface area (Å²) < 4.78 is 5.28. The van der Waals surface area contributed by atoms with E-state index in [0.717, 1.165) is 46.3 Å². The molecule has 2 aromatic rings. The Hall–Kier alpha value is -3.35. The molecule has 36 heavy (non-hydrogen) atoms. The van der Waals surface area contributed by atoms with Crippen LogP contribution in [0.25, 0.3) is 0 Å². The molecule has 0 fully saturated rings. The van der Waals surface area contributed by atoms with Crippen LogP contribution in [-0.4, -0.2) is 41.5 Å². The van der Waals surface area contributed by atoms with Crippen LogP contribution in [0.4, 0.5) is 10.5 Å². The van der Waals surface area contributed by atoms with Gasteiger partial charge in [0.15, 0.2) is 0 Å². The largest absolute Gasteiger partial charge is 0.444 e. The average molecular weight is 496 g/mol. The molecule has 0 radical (unpaired) electrons. The Labute approximate surface area is 215 Å². The Morgan fingerprint density at radius 3 is 2.08 bits per heavy atom. The van der Waals surface area contributed by atoms with E-state index in [4.69, 9.17) is 4.74 Å². The molecular formula is C29H41N3O4. The average Bonchev–Trinajstić information content (AvgIpc) is 2.75. The number of nitrogens with zero attached hydrogens (tertiary/aromatic N) is 1. The fourth-order valence-corrected chi connectivity index (χ4v) is 4.13. The molecule has 0 bridgehead atoms. The number of benzene rings is 2. The van der Waals surface area contributed by atoms with E-state index in [9.17, 15) is 14.4 Å². The normalized spacial score (nSPS) is 12.0. The summed E-state index contributed by atoms with van der Waals surface area (Å²) in [6.07, 6.45) is 0.895. The van der Waals surface area contributed by atoms with Gasteiger partial charge in [-0.05, 0) is 71.6 Å². The molecular weight excluding hydrogens is 454 g/mol. The topological polar surface area (TPSA) is 87.7 Å². The lowest BCUT2D eigenvalue weighted by molar-refractivity contribution is -0.138. The van der Waals surface area contributed by atoms with Crippen molar-refractivity contribution in [2.75, 3.05) is 18.4 Å². The lowest BCUT2D eigenvalue weighted by Gasteiger charge is -2.32. The summed E-state index contributed by atoms with van der Waals surface area (Å²) in [5.74, 6) is -0.644. The molecule has 2 N–H and O–H groups in total. The number of amides is 3. The molecule has 1 atom stereocenters. The molecule has 7 heteroatoms. The molecule has 1 unspecified atom stereocenters. The highest BCUT2D eigenvalue weighted by Crippen LogP contribution is 2.28. The highest BCUT2D eigenvalue weighted by Gasteiger charge is 2.32. The first-order valence-corrected chi connectivity index (χ1v) is 12.5. The molecule has 196 valence electrons. The van der Waals surface area contributed by atoms with E-state index in [-0.39, 0.29) is 18.4 Å². The molecule has 0 saturated carbocycles. The van der Waals surface area contributed by atoms with E-state index >= 15 is 0 Å². The van der Waals surface area contributed by atoms with E-state index in [1.807, 2.05) is 71.0 Å². The van der Waals surface area contributed by atoms with Crippen molar-refractivity contribution in [2.24, 2.45) is 0 Å². The van der Waals surface area contributed by atoms with Gasteiger partial charge in [-0.2, -0.15) is 0 Å². The van der Waals surface area contributed by atoms with Crippen LogP contribution in [0.15, 0.2) is 36.4 Å². The summed E-state index contributed by atoms with van der Waals surface area (Å²) in [4.78, 5) is 41.1. The van der Waals surface area contributed by atoms with Crippen molar-refractivity contribution in [3.8, 4) is 0 Å². The van der Waals surface area contributed by atoms with Crippen LogP contribution in [0, 0.1) is 27.7 Å². The quantitative estimate of drug-likeness (QED) is 0.463. The lowest BCUT2D eigenvalue weighted by atomic mass is 9.98. The molecule has 0 aliphatic rings. The second kappa shape index (κ2) is 12.6. The molecule has 0 saturated heterocycles. The third-order valence-corrected chi connectivity index (χ3v) is 5.70. The minimum atomic E-state index is -0.859. The van der Waals surface area contributed by atoms with Crippen molar-refractivity contribution in [1.82, 2.24) is 10.2 Å². The second-order valence-electron chi connectivity index (χ2n) is 10.4. The van der Waals surface area contributed by atoms with E-state index < -0.39 is 17.7 Å². The minimum Gasteiger partial charge on any atom is -0.444 e. The minimum absolute atomic E-state index is 0.267. The van der Waals surface area contributed by atoms with Crippen LogP contribution in [0.1, 0.15) is 74.4 Å². The number of aryl methyl sites for hydroxylation is 4. The number of para-hydroxylation sites is 1. The second-order valence-corrected chi connectivity index (χ2v) is 10.4. The number of carbonyl (C=O) groups excluding carboxylic acids is 3. The van der Waals surface area contributed by atoms with Gasteiger partial charge in [0.05, 0.1) is 0 Å². The number of rotatable bonds is 9. The van der Waals surface area contributed by atoms with Crippen molar-refractivity contribution >= 4 is 23.6 Å². The zero-order valence-electron chi connectivity index (χ0n) is 23.0. The number of hydrogen-bond acceptors (Lipinski definition) is 4. The molecule has 0 spiro atoms. The van der Waals surface area contributed by atoms with E-state index in [1.54, 1.807) is 25.7 Å². The van der Waals surface area contributed by atoms with Gasteiger partial charge in [0.25, 0.3) is 5.91 Å². The van der Waals surface area contributed by atoms with Crippen LogP contribution in [-0.2, 0) is 14.3 Å². The Bertz CT molecular complexity index is 1050. The van der Waals surface area contributed by atoms with E-state index in [2.05, 4.69) is 10.6 Å². The fraction of sp³-hybridized carbons (Fsp3) is 0.483. The molecule has 3 amide bonds. The fourth-order valence-electron chi connectivity index (χ4n) is 4.13. The monoisotopic (exact) mass is 495 g/mol. The summed E-state index contributed by atoms with van der Waals surface area (Å²) in [5, 5.41) is 5.63. The first-order chi connectivity index (χ1) is 16.8.